The van der Waals surface area contributed by atoms with Crippen molar-refractivity contribution in [3.05, 3.63) is 66.2 Å². The molecule has 2 N–H and O–H groups in total. The van der Waals surface area contributed by atoms with Crippen molar-refractivity contribution in [1.29, 1.82) is 0 Å². The second kappa shape index (κ2) is 6.98. The summed E-state index contributed by atoms with van der Waals surface area (Å²) in [6.45, 7) is 2.46. The zero-order valence-electron chi connectivity index (χ0n) is 14.4. The van der Waals surface area contributed by atoms with Crippen LogP contribution >= 0.6 is 0 Å². The van der Waals surface area contributed by atoms with Gasteiger partial charge in [0.15, 0.2) is 0 Å². The van der Waals surface area contributed by atoms with Crippen molar-refractivity contribution < 1.29 is 4.79 Å². The summed E-state index contributed by atoms with van der Waals surface area (Å²) in [6.07, 6.45) is 1.96. The minimum atomic E-state index is -0.0475. The van der Waals surface area contributed by atoms with E-state index in [1.54, 1.807) is 0 Å². The van der Waals surface area contributed by atoms with Gasteiger partial charge in [-0.15, -0.1) is 0 Å². The minimum absolute atomic E-state index is 0.0475. The van der Waals surface area contributed by atoms with Crippen molar-refractivity contribution in [2.75, 3.05) is 24.5 Å². The molecule has 4 nitrogen and oxygen atoms in total. The highest BCUT2D eigenvalue weighted by Gasteiger charge is 2.40. The molecule has 1 unspecified atom stereocenters. The standard InChI is InChI=1S/C21H25N3O/c22-19-15-23(14-18(19)16-8-3-1-4-9-16)20-12-7-13-24(21(20)25)17-10-5-2-6-11-17/h1-6,8-11,18-20H,7,12-15,22H2/t18-,19+,20?/m0/s1. The summed E-state index contributed by atoms with van der Waals surface area (Å²) < 4.78 is 0. The lowest BCUT2D eigenvalue weighted by Crippen LogP contribution is -2.52. The monoisotopic (exact) mass is 335 g/mol. The van der Waals surface area contributed by atoms with Crippen LogP contribution in [0.1, 0.15) is 24.3 Å². The van der Waals surface area contributed by atoms with E-state index in [9.17, 15) is 4.79 Å². The fraction of sp³-hybridized carbons (Fsp3) is 0.381. The number of anilines is 1. The molecule has 2 aromatic carbocycles. The van der Waals surface area contributed by atoms with Crippen LogP contribution in [0.2, 0.25) is 0 Å². The van der Waals surface area contributed by atoms with E-state index < -0.39 is 0 Å². The number of para-hydroxylation sites is 1. The van der Waals surface area contributed by atoms with Gasteiger partial charge in [0.2, 0.25) is 5.91 Å². The van der Waals surface area contributed by atoms with Crippen LogP contribution < -0.4 is 10.6 Å². The first-order valence-corrected chi connectivity index (χ1v) is 9.15. The van der Waals surface area contributed by atoms with E-state index >= 15 is 0 Å². The van der Waals surface area contributed by atoms with E-state index in [0.717, 1.165) is 38.2 Å². The topological polar surface area (TPSA) is 49.6 Å². The van der Waals surface area contributed by atoms with Gasteiger partial charge in [-0.3, -0.25) is 9.69 Å². The van der Waals surface area contributed by atoms with Crippen LogP contribution in [0.25, 0.3) is 0 Å². The van der Waals surface area contributed by atoms with Crippen LogP contribution in [0.4, 0.5) is 5.69 Å². The van der Waals surface area contributed by atoms with Crippen LogP contribution in [0.15, 0.2) is 60.7 Å². The lowest BCUT2D eigenvalue weighted by molar-refractivity contribution is -0.125. The molecule has 0 aliphatic carbocycles. The molecule has 4 heteroatoms. The van der Waals surface area contributed by atoms with Crippen LogP contribution in [0, 0.1) is 0 Å². The summed E-state index contributed by atoms with van der Waals surface area (Å²) in [5, 5.41) is 0. The van der Waals surface area contributed by atoms with Crippen molar-refractivity contribution in [2.45, 2.75) is 30.8 Å². The number of likely N-dealkylation sites (tertiary alicyclic amines) is 1. The first-order valence-electron chi connectivity index (χ1n) is 9.15. The molecule has 4 rings (SSSR count). The summed E-state index contributed by atoms with van der Waals surface area (Å²) >= 11 is 0. The Morgan fingerprint density at radius 2 is 1.60 bits per heavy atom. The van der Waals surface area contributed by atoms with Crippen molar-refractivity contribution in [3.63, 3.8) is 0 Å². The first kappa shape index (κ1) is 16.3. The number of hydrogen-bond acceptors (Lipinski definition) is 3. The Kier molecular flexibility index (Phi) is 4.55. The molecule has 0 radical (unpaired) electrons. The van der Waals surface area contributed by atoms with Crippen molar-refractivity contribution in [3.8, 4) is 0 Å². The van der Waals surface area contributed by atoms with Gasteiger partial charge in [0.05, 0.1) is 6.04 Å². The van der Waals surface area contributed by atoms with Gasteiger partial charge in [0.25, 0.3) is 0 Å². The summed E-state index contributed by atoms with van der Waals surface area (Å²) in [5.74, 6) is 0.527. The lowest BCUT2D eigenvalue weighted by atomic mass is 9.95. The third-order valence-corrected chi connectivity index (χ3v) is 5.54. The number of nitrogens with two attached hydrogens (primary N) is 1. The molecule has 3 atom stereocenters. The molecule has 2 aliphatic heterocycles. The highest BCUT2D eigenvalue weighted by molar-refractivity contribution is 5.97. The Labute approximate surface area is 149 Å². The second-order valence-electron chi connectivity index (χ2n) is 7.12. The molecule has 2 aromatic rings. The number of nitrogens with zero attached hydrogens (tertiary/aromatic N) is 2. The van der Waals surface area contributed by atoms with E-state index in [4.69, 9.17) is 5.73 Å². The highest BCUT2D eigenvalue weighted by Crippen LogP contribution is 2.31. The Bertz CT molecular complexity index is 718. The molecule has 0 aromatic heterocycles. The number of rotatable bonds is 3. The van der Waals surface area contributed by atoms with Gasteiger partial charge in [0, 0.05) is 37.3 Å². The van der Waals surface area contributed by atoms with E-state index in [2.05, 4.69) is 29.2 Å². The third-order valence-electron chi connectivity index (χ3n) is 5.54. The largest absolute Gasteiger partial charge is 0.326 e. The van der Waals surface area contributed by atoms with Crippen molar-refractivity contribution in [1.82, 2.24) is 4.90 Å². The first-order chi connectivity index (χ1) is 12.2. The Morgan fingerprint density at radius 3 is 2.32 bits per heavy atom. The predicted octanol–water partition coefficient (Wildman–Crippen LogP) is 2.61. The number of benzene rings is 2. The Morgan fingerprint density at radius 1 is 0.920 bits per heavy atom. The SMILES string of the molecule is N[C@@H]1CN(C2CCCN(c3ccccc3)C2=O)C[C@H]1c1ccccc1. The van der Waals surface area contributed by atoms with E-state index in [0.29, 0.717) is 5.92 Å². The van der Waals surface area contributed by atoms with Crippen LogP contribution in [-0.4, -0.2) is 42.5 Å². The van der Waals surface area contributed by atoms with E-state index in [1.807, 2.05) is 41.3 Å². The molecule has 1 amide bonds. The van der Waals surface area contributed by atoms with Gasteiger partial charge in [0.1, 0.15) is 0 Å². The molecule has 2 heterocycles. The fourth-order valence-corrected chi connectivity index (χ4v) is 4.23. The predicted molar refractivity (Wildman–Crippen MR) is 101 cm³/mol. The van der Waals surface area contributed by atoms with Crippen LogP contribution in [0.3, 0.4) is 0 Å². The maximum absolute atomic E-state index is 13.1. The van der Waals surface area contributed by atoms with Gasteiger partial charge in [-0.25, -0.2) is 0 Å². The Balaban J connectivity index is 1.51. The number of carbonyl (C=O) groups excluding carboxylic acids is 1. The van der Waals surface area contributed by atoms with Crippen molar-refractivity contribution in [2.24, 2.45) is 5.73 Å². The van der Waals surface area contributed by atoms with Crippen molar-refractivity contribution >= 4 is 11.6 Å². The number of piperidine rings is 1. The fourth-order valence-electron chi connectivity index (χ4n) is 4.23. The zero-order valence-corrected chi connectivity index (χ0v) is 14.4. The molecule has 2 saturated heterocycles. The van der Waals surface area contributed by atoms with Gasteiger partial charge in [-0.2, -0.15) is 0 Å². The van der Waals surface area contributed by atoms with Gasteiger partial charge in [-0.1, -0.05) is 48.5 Å². The third kappa shape index (κ3) is 3.20. The summed E-state index contributed by atoms with van der Waals surface area (Å²) in [5.41, 5.74) is 8.71. The van der Waals surface area contributed by atoms with Gasteiger partial charge in [-0.05, 0) is 30.5 Å². The zero-order chi connectivity index (χ0) is 17.2. The van der Waals surface area contributed by atoms with Gasteiger partial charge >= 0.3 is 0 Å². The molecule has 25 heavy (non-hydrogen) atoms. The number of amides is 1. The summed E-state index contributed by atoms with van der Waals surface area (Å²) in [7, 11) is 0. The second-order valence-corrected chi connectivity index (χ2v) is 7.12. The van der Waals surface area contributed by atoms with Gasteiger partial charge < -0.3 is 10.6 Å². The molecule has 0 spiro atoms. The Hall–Kier alpha value is -2.17. The molecular weight excluding hydrogens is 310 g/mol. The normalized spacial score (nSPS) is 27.6. The van der Waals surface area contributed by atoms with E-state index in [-0.39, 0.29) is 18.0 Å². The lowest BCUT2D eigenvalue weighted by Gasteiger charge is -2.37. The van der Waals surface area contributed by atoms with Crippen LogP contribution in [0.5, 0.6) is 0 Å². The summed E-state index contributed by atoms with van der Waals surface area (Å²) in [6, 6.07) is 20.5. The van der Waals surface area contributed by atoms with Crippen LogP contribution in [-0.2, 0) is 4.79 Å². The maximum atomic E-state index is 13.1. The molecule has 0 bridgehead atoms. The van der Waals surface area contributed by atoms with E-state index in [1.165, 1.54) is 5.56 Å². The molecule has 2 aliphatic rings. The smallest absolute Gasteiger partial charge is 0.244 e. The molecule has 2 fully saturated rings. The molecular formula is C21H25N3O. The molecule has 130 valence electrons. The highest BCUT2D eigenvalue weighted by atomic mass is 16.2. The number of carbonyl (C=O) groups is 1. The minimum Gasteiger partial charge on any atom is -0.326 e. The average molecular weight is 335 g/mol. The average Bonchev–Trinajstić information content (AvgIpc) is 3.05. The molecule has 0 saturated carbocycles. The maximum Gasteiger partial charge on any atom is 0.244 e. The number of hydrogen-bond donors (Lipinski definition) is 1. The summed E-state index contributed by atoms with van der Waals surface area (Å²) in [4.78, 5) is 17.4. The quantitative estimate of drug-likeness (QED) is 0.938.